The maximum Gasteiger partial charge on any atom is 0.306 e. The van der Waals surface area contributed by atoms with E-state index in [1.54, 1.807) is 24.3 Å². The van der Waals surface area contributed by atoms with E-state index >= 15 is 0 Å². The Morgan fingerprint density at radius 3 is 2.43 bits per heavy atom. The largest absolute Gasteiger partial charge is 0.490 e. The van der Waals surface area contributed by atoms with Crippen LogP contribution in [-0.2, 0) is 16.0 Å². The fourth-order valence-electron chi connectivity index (χ4n) is 2.52. The number of halogens is 1. The molecule has 1 aliphatic carbocycles. The summed E-state index contributed by atoms with van der Waals surface area (Å²) in [7, 11) is 0. The molecule has 0 bridgehead atoms. The van der Waals surface area contributed by atoms with Crippen molar-refractivity contribution in [2.24, 2.45) is 11.7 Å². The molecule has 2 atom stereocenters. The molecule has 0 radical (unpaired) electrons. The molecule has 3 N–H and O–H groups in total. The van der Waals surface area contributed by atoms with Crippen LogP contribution >= 0.6 is 0 Å². The highest BCUT2D eigenvalue weighted by molar-refractivity contribution is 5.82. The van der Waals surface area contributed by atoms with Crippen LogP contribution in [0.1, 0.15) is 31.7 Å². The van der Waals surface area contributed by atoms with Crippen LogP contribution in [0.15, 0.2) is 24.3 Å². The SMILES string of the molecule is CC(=O)[C@@H](N)C[C@H](Cc1ccc(OC2CC(F)C2)cc1)C(=O)O. The summed E-state index contributed by atoms with van der Waals surface area (Å²) in [5.74, 6) is -1.24. The Bertz CT molecular complexity index is 554. The van der Waals surface area contributed by atoms with Gasteiger partial charge in [0, 0.05) is 12.8 Å². The summed E-state index contributed by atoms with van der Waals surface area (Å²) in [5.41, 5.74) is 6.49. The van der Waals surface area contributed by atoms with Gasteiger partial charge in [0.1, 0.15) is 23.8 Å². The molecule has 1 saturated carbocycles. The van der Waals surface area contributed by atoms with Crippen LogP contribution in [0.2, 0.25) is 0 Å². The normalized spacial score (nSPS) is 22.7. The smallest absolute Gasteiger partial charge is 0.306 e. The van der Waals surface area contributed by atoms with Gasteiger partial charge in [0.05, 0.1) is 12.0 Å². The van der Waals surface area contributed by atoms with Crippen LogP contribution < -0.4 is 10.5 Å². The number of benzene rings is 1. The molecule has 1 fully saturated rings. The highest BCUT2D eigenvalue weighted by Crippen LogP contribution is 2.28. The standard InChI is InChI=1S/C17H22FNO4/c1-10(20)16(19)7-12(17(21)22)6-11-2-4-14(5-3-11)23-15-8-13(18)9-15/h2-5,12-13,15-16H,6-9,19H2,1H3,(H,21,22)/t12-,13?,15?,16-/m0/s1. The Labute approximate surface area is 134 Å². The second-order valence-corrected chi connectivity index (χ2v) is 6.14. The van der Waals surface area contributed by atoms with Gasteiger partial charge in [0.25, 0.3) is 0 Å². The zero-order chi connectivity index (χ0) is 17.0. The van der Waals surface area contributed by atoms with Crippen LogP contribution in [-0.4, -0.2) is 35.2 Å². The Morgan fingerprint density at radius 2 is 1.96 bits per heavy atom. The first-order valence-corrected chi connectivity index (χ1v) is 7.73. The predicted molar refractivity (Wildman–Crippen MR) is 83.1 cm³/mol. The number of aliphatic carboxylic acids is 1. The molecule has 2 rings (SSSR count). The lowest BCUT2D eigenvalue weighted by molar-refractivity contribution is -0.142. The minimum Gasteiger partial charge on any atom is -0.490 e. The number of Topliss-reactive ketones (excluding diaryl/α,β-unsaturated/α-hetero) is 1. The maximum absolute atomic E-state index is 12.7. The summed E-state index contributed by atoms with van der Waals surface area (Å²) in [6.07, 6.45) is 0.421. The number of alkyl halides is 1. The third kappa shape index (κ3) is 5.03. The fraction of sp³-hybridized carbons (Fsp3) is 0.529. The molecule has 0 amide bonds. The number of nitrogens with two attached hydrogens (primary N) is 1. The second kappa shape index (κ2) is 7.55. The predicted octanol–water partition coefficient (Wildman–Crippen LogP) is 2.12. The monoisotopic (exact) mass is 323 g/mol. The Hall–Kier alpha value is -1.95. The van der Waals surface area contributed by atoms with E-state index < -0.39 is 24.1 Å². The molecule has 0 unspecified atom stereocenters. The van der Waals surface area contributed by atoms with Crippen LogP contribution in [0.4, 0.5) is 4.39 Å². The second-order valence-electron chi connectivity index (χ2n) is 6.14. The van der Waals surface area contributed by atoms with Gasteiger partial charge in [-0.25, -0.2) is 4.39 Å². The summed E-state index contributed by atoms with van der Waals surface area (Å²) >= 11 is 0. The molecule has 5 nitrogen and oxygen atoms in total. The average Bonchev–Trinajstić information content (AvgIpc) is 2.46. The molecule has 0 saturated heterocycles. The van der Waals surface area contributed by atoms with Gasteiger partial charge in [-0.05, 0) is 37.5 Å². The van der Waals surface area contributed by atoms with Crippen molar-refractivity contribution in [3.63, 3.8) is 0 Å². The van der Waals surface area contributed by atoms with Gasteiger partial charge in [-0.1, -0.05) is 12.1 Å². The molecule has 0 spiro atoms. The summed E-state index contributed by atoms with van der Waals surface area (Å²) in [6, 6.07) is 6.33. The Kier molecular flexibility index (Phi) is 5.71. The van der Waals surface area contributed by atoms with E-state index in [2.05, 4.69) is 0 Å². The van der Waals surface area contributed by atoms with Crippen molar-refractivity contribution in [2.45, 2.75) is 50.9 Å². The zero-order valence-electron chi connectivity index (χ0n) is 13.1. The Balaban J connectivity index is 1.92. The molecule has 1 aromatic carbocycles. The fourth-order valence-corrected chi connectivity index (χ4v) is 2.52. The minimum absolute atomic E-state index is 0.0730. The van der Waals surface area contributed by atoms with Gasteiger partial charge in [-0.3, -0.25) is 9.59 Å². The number of carbonyl (C=O) groups excluding carboxylic acids is 1. The molecular formula is C17H22FNO4. The van der Waals surface area contributed by atoms with Gasteiger partial charge in [-0.15, -0.1) is 0 Å². The average molecular weight is 323 g/mol. The summed E-state index contributed by atoms with van der Waals surface area (Å²) in [5, 5.41) is 9.28. The van der Waals surface area contributed by atoms with E-state index in [9.17, 15) is 19.1 Å². The lowest BCUT2D eigenvalue weighted by Gasteiger charge is -2.30. The highest BCUT2D eigenvalue weighted by atomic mass is 19.1. The molecule has 1 aliphatic rings. The highest BCUT2D eigenvalue weighted by Gasteiger charge is 2.30. The number of hydrogen-bond acceptors (Lipinski definition) is 4. The molecule has 0 aliphatic heterocycles. The molecular weight excluding hydrogens is 301 g/mol. The van der Waals surface area contributed by atoms with Crippen molar-refractivity contribution >= 4 is 11.8 Å². The van der Waals surface area contributed by atoms with E-state index in [4.69, 9.17) is 10.5 Å². The van der Waals surface area contributed by atoms with E-state index in [0.717, 1.165) is 5.56 Å². The van der Waals surface area contributed by atoms with Crippen molar-refractivity contribution in [2.75, 3.05) is 0 Å². The van der Waals surface area contributed by atoms with E-state index in [1.165, 1.54) is 6.92 Å². The van der Waals surface area contributed by atoms with Crippen molar-refractivity contribution in [3.8, 4) is 5.75 Å². The number of carbonyl (C=O) groups is 2. The topological polar surface area (TPSA) is 89.6 Å². The van der Waals surface area contributed by atoms with Crippen molar-refractivity contribution in [1.29, 1.82) is 0 Å². The van der Waals surface area contributed by atoms with Crippen LogP contribution in [0.3, 0.4) is 0 Å². The third-order valence-corrected chi connectivity index (χ3v) is 4.16. The quantitative estimate of drug-likeness (QED) is 0.765. The molecule has 6 heteroatoms. The van der Waals surface area contributed by atoms with Crippen LogP contribution in [0, 0.1) is 5.92 Å². The molecule has 0 aromatic heterocycles. The van der Waals surface area contributed by atoms with Gasteiger partial charge in [0.2, 0.25) is 0 Å². The van der Waals surface area contributed by atoms with Crippen molar-refractivity contribution in [3.05, 3.63) is 29.8 Å². The van der Waals surface area contributed by atoms with Crippen molar-refractivity contribution < 1.29 is 23.8 Å². The summed E-state index contributed by atoms with van der Waals surface area (Å²) < 4.78 is 18.3. The number of ether oxygens (including phenoxy) is 1. The maximum atomic E-state index is 12.7. The van der Waals surface area contributed by atoms with E-state index in [1.807, 2.05) is 0 Å². The molecule has 23 heavy (non-hydrogen) atoms. The van der Waals surface area contributed by atoms with E-state index in [-0.39, 0.29) is 18.3 Å². The van der Waals surface area contributed by atoms with Crippen LogP contribution in [0.25, 0.3) is 0 Å². The van der Waals surface area contributed by atoms with Gasteiger partial charge in [0.15, 0.2) is 0 Å². The van der Waals surface area contributed by atoms with Gasteiger partial charge in [-0.2, -0.15) is 0 Å². The summed E-state index contributed by atoms with van der Waals surface area (Å²) in [4.78, 5) is 22.5. The lowest BCUT2D eigenvalue weighted by atomic mass is 9.91. The first-order valence-electron chi connectivity index (χ1n) is 7.73. The summed E-state index contributed by atoms with van der Waals surface area (Å²) in [6.45, 7) is 1.36. The first-order chi connectivity index (χ1) is 10.8. The Morgan fingerprint density at radius 1 is 1.35 bits per heavy atom. The van der Waals surface area contributed by atoms with Crippen molar-refractivity contribution in [1.82, 2.24) is 0 Å². The minimum atomic E-state index is -0.967. The number of carboxylic acids is 1. The number of rotatable bonds is 8. The number of carboxylic acid groups (broad SMARTS) is 1. The molecule has 0 heterocycles. The van der Waals surface area contributed by atoms with Crippen LogP contribution in [0.5, 0.6) is 5.75 Å². The van der Waals surface area contributed by atoms with Gasteiger partial charge < -0.3 is 15.6 Å². The third-order valence-electron chi connectivity index (χ3n) is 4.16. The zero-order valence-corrected chi connectivity index (χ0v) is 13.1. The van der Waals surface area contributed by atoms with Gasteiger partial charge >= 0.3 is 5.97 Å². The molecule has 126 valence electrons. The number of ketones is 1. The number of hydrogen-bond donors (Lipinski definition) is 2. The lowest BCUT2D eigenvalue weighted by Crippen LogP contribution is -2.34. The first kappa shape index (κ1) is 17.4. The van der Waals surface area contributed by atoms with E-state index in [0.29, 0.717) is 25.0 Å². The molecule has 1 aromatic rings.